The molecule has 0 unspecified atom stereocenters. The van der Waals surface area contributed by atoms with Crippen LogP contribution < -0.4 is 10.9 Å². The van der Waals surface area contributed by atoms with Gasteiger partial charge in [-0.15, -0.1) is 22.7 Å². The zero-order valence-corrected chi connectivity index (χ0v) is 17.2. The van der Waals surface area contributed by atoms with Gasteiger partial charge in [0.15, 0.2) is 10.8 Å². The van der Waals surface area contributed by atoms with Crippen molar-refractivity contribution in [1.82, 2.24) is 20.8 Å². The van der Waals surface area contributed by atoms with Gasteiger partial charge < -0.3 is 4.42 Å². The summed E-state index contributed by atoms with van der Waals surface area (Å²) in [7, 11) is 0. The molecule has 0 radical (unpaired) electrons. The number of nitrogens with zero attached hydrogens (tertiary/aromatic N) is 2. The number of nitrogens with one attached hydrogen (secondary N) is 2. The number of hydrazine groups is 1. The first-order valence-corrected chi connectivity index (χ1v) is 10.3. The Hall–Kier alpha value is -3.30. The second-order valence-corrected chi connectivity index (χ2v) is 8.31. The summed E-state index contributed by atoms with van der Waals surface area (Å²) in [5.41, 5.74) is 6.66. The molecule has 0 saturated carbocycles. The molecule has 0 aliphatic carbocycles. The quantitative estimate of drug-likeness (QED) is 0.478. The molecule has 0 aliphatic heterocycles. The van der Waals surface area contributed by atoms with Crippen LogP contribution in [0.5, 0.6) is 0 Å². The van der Waals surface area contributed by atoms with Gasteiger partial charge in [0.2, 0.25) is 0 Å². The third-order valence-electron chi connectivity index (χ3n) is 4.06. The van der Waals surface area contributed by atoms with Gasteiger partial charge in [0.25, 0.3) is 11.8 Å². The number of benzene rings is 1. The summed E-state index contributed by atoms with van der Waals surface area (Å²) in [4.78, 5) is 34.9. The van der Waals surface area contributed by atoms with E-state index in [0.717, 1.165) is 15.4 Å². The molecule has 0 bridgehead atoms. The SMILES string of the molecule is Cc1nc(-c2ccccc2)sc1C(=O)NNC(=O)c1nc(-c2ccco2)sc1C. The van der Waals surface area contributed by atoms with Crippen molar-refractivity contribution in [2.45, 2.75) is 13.8 Å². The highest BCUT2D eigenvalue weighted by molar-refractivity contribution is 7.17. The Bertz CT molecular complexity index is 1160. The van der Waals surface area contributed by atoms with E-state index in [4.69, 9.17) is 4.42 Å². The number of rotatable bonds is 4. The molecule has 29 heavy (non-hydrogen) atoms. The van der Waals surface area contributed by atoms with Crippen molar-refractivity contribution in [3.8, 4) is 21.3 Å². The zero-order chi connectivity index (χ0) is 20.4. The van der Waals surface area contributed by atoms with Crippen molar-refractivity contribution < 1.29 is 14.0 Å². The summed E-state index contributed by atoms with van der Waals surface area (Å²) in [6, 6.07) is 13.2. The maximum absolute atomic E-state index is 12.5. The van der Waals surface area contributed by atoms with E-state index >= 15 is 0 Å². The molecule has 3 heterocycles. The minimum atomic E-state index is -0.490. The number of furan rings is 1. The molecule has 9 heteroatoms. The summed E-state index contributed by atoms with van der Waals surface area (Å²) < 4.78 is 5.32. The van der Waals surface area contributed by atoms with Crippen molar-refractivity contribution in [3.63, 3.8) is 0 Å². The number of aromatic nitrogens is 2. The molecule has 4 rings (SSSR count). The van der Waals surface area contributed by atoms with Gasteiger partial charge in [-0.3, -0.25) is 20.4 Å². The van der Waals surface area contributed by atoms with E-state index in [0.29, 0.717) is 21.3 Å². The Morgan fingerprint density at radius 2 is 1.66 bits per heavy atom. The van der Waals surface area contributed by atoms with E-state index in [2.05, 4.69) is 20.8 Å². The standard InChI is InChI=1S/C20H16N4O3S2/c1-11-16(29-19(21-11)13-7-4-3-5-8-13)18(26)24-23-17(25)15-12(2)28-20(22-15)14-9-6-10-27-14/h3-10H,1-2H3,(H,23,25)(H,24,26). The molecule has 1 aromatic carbocycles. The van der Waals surface area contributed by atoms with Crippen LogP contribution in [0.4, 0.5) is 0 Å². The highest BCUT2D eigenvalue weighted by atomic mass is 32.1. The van der Waals surface area contributed by atoms with E-state index < -0.39 is 11.8 Å². The minimum absolute atomic E-state index is 0.243. The molecular weight excluding hydrogens is 408 g/mol. The lowest BCUT2D eigenvalue weighted by molar-refractivity contribution is 0.0845. The van der Waals surface area contributed by atoms with E-state index in [1.807, 2.05) is 30.3 Å². The van der Waals surface area contributed by atoms with Crippen molar-refractivity contribution in [1.29, 1.82) is 0 Å². The molecule has 2 N–H and O–H groups in total. The van der Waals surface area contributed by atoms with E-state index in [-0.39, 0.29) is 5.69 Å². The summed E-state index contributed by atoms with van der Waals surface area (Å²) in [5.74, 6) is -0.319. The average molecular weight is 425 g/mol. The van der Waals surface area contributed by atoms with Crippen LogP contribution in [-0.2, 0) is 0 Å². The smallest absolute Gasteiger partial charge is 0.289 e. The third-order valence-corrected chi connectivity index (χ3v) is 6.25. The van der Waals surface area contributed by atoms with Crippen molar-refractivity contribution in [2.75, 3.05) is 0 Å². The topological polar surface area (TPSA) is 97.1 Å². The van der Waals surface area contributed by atoms with Gasteiger partial charge in [0.1, 0.15) is 15.6 Å². The van der Waals surface area contributed by atoms with Gasteiger partial charge in [0.05, 0.1) is 12.0 Å². The predicted molar refractivity (Wildman–Crippen MR) is 112 cm³/mol. The van der Waals surface area contributed by atoms with Crippen LogP contribution in [0.25, 0.3) is 21.3 Å². The molecule has 7 nitrogen and oxygen atoms in total. The van der Waals surface area contributed by atoms with Crippen molar-refractivity contribution in [3.05, 3.63) is 69.9 Å². The number of hydrogen-bond donors (Lipinski definition) is 2. The van der Waals surface area contributed by atoms with Gasteiger partial charge in [-0.05, 0) is 26.0 Å². The fourth-order valence-corrected chi connectivity index (χ4v) is 4.50. The molecule has 0 fully saturated rings. The predicted octanol–water partition coefficient (Wildman–Crippen LogP) is 4.22. The number of amides is 2. The van der Waals surface area contributed by atoms with Crippen LogP contribution >= 0.6 is 22.7 Å². The Morgan fingerprint density at radius 3 is 2.38 bits per heavy atom. The maximum Gasteiger partial charge on any atom is 0.289 e. The van der Waals surface area contributed by atoms with Crippen LogP contribution in [0, 0.1) is 13.8 Å². The molecule has 146 valence electrons. The van der Waals surface area contributed by atoms with Gasteiger partial charge in [-0.25, -0.2) is 9.97 Å². The molecule has 0 saturated heterocycles. The van der Waals surface area contributed by atoms with Crippen molar-refractivity contribution in [2.24, 2.45) is 0 Å². The Morgan fingerprint density at radius 1 is 0.897 bits per heavy atom. The normalized spacial score (nSPS) is 10.7. The molecule has 0 spiro atoms. The summed E-state index contributed by atoms with van der Waals surface area (Å²) in [6.45, 7) is 3.56. The maximum atomic E-state index is 12.5. The largest absolute Gasteiger partial charge is 0.462 e. The lowest BCUT2D eigenvalue weighted by atomic mass is 10.2. The fourth-order valence-electron chi connectivity index (χ4n) is 2.65. The highest BCUT2D eigenvalue weighted by Crippen LogP contribution is 2.28. The first kappa shape index (κ1) is 19.0. The van der Waals surface area contributed by atoms with Crippen LogP contribution in [0.15, 0.2) is 53.1 Å². The van der Waals surface area contributed by atoms with Gasteiger partial charge >= 0.3 is 0 Å². The lowest BCUT2D eigenvalue weighted by Gasteiger charge is -2.05. The Kier molecular flexibility index (Phi) is 5.24. The summed E-state index contributed by atoms with van der Waals surface area (Å²) in [5, 5.41) is 1.35. The monoisotopic (exact) mass is 424 g/mol. The van der Waals surface area contributed by atoms with Crippen LogP contribution in [0.2, 0.25) is 0 Å². The first-order valence-electron chi connectivity index (χ1n) is 8.68. The van der Waals surface area contributed by atoms with Crippen LogP contribution in [-0.4, -0.2) is 21.8 Å². The molecule has 2 amide bonds. The van der Waals surface area contributed by atoms with E-state index in [1.165, 1.54) is 22.7 Å². The highest BCUT2D eigenvalue weighted by Gasteiger charge is 2.20. The molecule has 4 aromatic rings. The van der Waals surface area contributed by atoms with Gasteiger partial charge in [0, 0.05) is 10.4 Å². The number of carbonyl (C=O) groups excluding carboxylic acids is 2. The van der Waals surface area contributed by atoms with Gasteiger partial charge in [-0.1, -0.05) is 30.3 Å². The molecule has 3 aromatic heterocycles. The molecule has 0 aliphatic rings. The Balaban J connectivity index is 1.45. The van der Waals surface area contributed by atoms with Crippen LogP contribution in [0.1, 0.15) is 30.7 Å². The molecule has 0 atom stereocenters. The number of thiazole rings is 2. The second-order valence-electron chi connectivity index (χ2n) is 6.11. The fraction of sp³-hybridized carbons (Fsp3) is 0.100. The number of hydrogen-bond acceptors (Lipinski definition) is 7. The van der Waals surface area contributed by atoms with Crippen molar-refractivity contribution >= 4 is 34.5 Å². The van der Waals surface area contributed by atoms with E-state index in [9.17, 15) is 9.59 Å². The third kappa shape index (κ3) is 3.96. The second kappa shape index (κ2) is 7.98. The molecular formula is C20H16N4O3S2. The average Bonchev–Trinajstić information content (AvgIpc) is 3.46. The summed E-state index contributed by atoms with van der Waals surface area (Å²) in [6.07, 6.45) is 1.55. The minimum Gasteiger partial charge on any atom is -0.462 e. The Labute approximate surface area is 174 Å². The summed E-state index contributed by atoms with van der Waals surface area (Å²) >= 11 is 2.62. The number of aryl methyl sites for hydroxylation is 2. The lowest BCUT2D eigenvalue weighted by Crippen LogP contribution is -2.41. The number of carbonyl (C=O) groups is 2. The van der Waals surface area contributed by atoms with E-state index in [1.54, 1.807) is 32.2 Å². The zero-order valence-electron chi connectivity index (χ0n) is 15.6. The van der Waals surface area contributed by atoms with Crippen LogP contribution in [0.3, 0.4) is 0 Å². The van der Waals surface area contributed by atoms with Gasteiger partial charge in [-0.2, -0.15) is 0 Å². The first-order chi connectivity index (χ1) is 14.0.